The molecule has 2 aromatic rings. The van der Waals surface area contributed by atoms with Gasteiger partial charge in [0, 0.05) is 25.1 Å². The summed E-state index contributed by atoms with van der Waals surface area (Å²) in [6.07, 6.45) is 1.40. The average molecular weight is 340 g/mol. The number of nitrogens with zero attached hydrogens (tertiary/aromatic N) is 2. The molecule has 0 amide bonds. The van der Waals surface area contributed by atoms with E-state index in [4.69, 9.17) is 5.73 Å². The Hall–Kier alpha value is -1.20. The van der Waals surface area contributed by atoms with Crippen LogP contribution in [0.3, 0.4) is 0 Å². The summed E-state index contributed by atoms with van der Waals surface area (Å²) in [5.41, 5.74) is 9.60. The van der Waals surface area contributed by atoms with E-state index in [1.165, 1.54) is 6.07 Å². The van der Waals surface area contributed by atoms with Gasteiger partial charge in [0.2, 0.25) is 0 Å². The highest BCUT2D eigenvalue weighted by Gasteiger charge is 2.18. The van der Waals surface area contributed by atoms with Crippen LogP contribution in [0.2, 0.25) is 0 Å². The SMILES string of the molecule is CCc1nn(C)c(CC(N)c2ccc(C)cc2F)c1Br. The molecule has 1 heterocycles. The van der Waals surface area contributed by atoms with Crippen LogP contribution in [0.1, 0.15) is 35.5 Å². The van der Waals surface area contributed by atoms with E-state index in [9.17, 15) is 4.39 Å². The van der Waals surface area contributed by atoms with Crippen molar-refractivity contribution in [3.63, 3.8) is 0 Å². The highest BCUT2D eigenvalue weighted by Crippen LogP contribution is 2.27. The Kier molecular flexibility index (Phi) is 4.60. The second kappa shape index (κ2) is 6.06. The zero-order valence-corrected chi connectivity index (χ0v) is 13.5. The Morgan fingerprint density at radius 3 is 2.70 bits per heavy atom. The molecule has 0 saturated carbocycles. The van der Waals surface area contributed by atoms with Gasteiger partial charge in [-0.15, -0.1) is 0 Å². The Morgan fingerprint density at radius 1 is 1.45 bits per heavy atom. The summed E-state index contributed by atoms with van der Waals surface area (Å²) >= 11 is 3.56. The fourth-order valence-corrected chi connectivity index (χ4v) is 3.07. The van der Waals surface area contributed by atoms with Crippen LogP contribution >= 0.6 is 15.9 Å². The van der Waals surface area contributed by atoms with Crippen LogP contribution in [-0.2, 0) is 19.9 Å². The zero-order chi connectivity index (χ0) is 14.9. The molecule has 0 aliphatic carbocycles. The summed E-state index contributed by atoms with van der Waals surface area (Å²) in [6.45, 7) is 3.92. The standard InChI is InChI=1S/C15H19BrFN3/c1-4-13-15(16)14(20(3)19-13)8-12(18)10-6-5-9(2)7-11(10)17/h5-7,12H,4,8,18H2,1-3H3. The molecule has 0 saturated heterocycles. The van der Waals surface area contributed by atoms with Crippen molar-refractivity contribution in [3.05, 3.63) is 51.0 Å². The summed E-state index contributed by atoms with van der Waals surface area (Å²) in [5, 5.41) is 4.43. The Morgan fingerprint density at radius 2 is 2.15 bits per heavy atom. The quantitative estimate of drug-likeness (QED) is 0.927. The number of aromatic nitrogens is 2. The predicted octanol–water partition coefficient (Wildman–Crippen LogP) is 3.44. The molecule has 0 aliphatic rings. The molecule has 1 unspecified atom stereocenters. The normalized spacial score (nSPS) is 12.7. The molecule has 5 heteroatoms. The third kappa shape index (κ3) is 2.94. The Labute approximate surface area is 127 Å². The first-order valence-electron chi connectivity index (χ1n) is 6.65. The van der Waals surface area contributed by atoms with E-state index in [0.717, 1.165) is 27.8 Å². The molecular formula is C15H19BrFN3. The van der Waals surface area contributed by atoms with Gasteiger partial charge in [0.25, 0.3) is 0 Å². The number of benzene rings is 1. The molecule has 1 aromatic carbocycles. The molecule has 0 spiro atoms. The largest absolute Gasteiger partial charge is 0.324 e. The Balaban J connectivity index is 2.27. The second-order valence-corrected chi connectivity index (χ2v) is 5.81. The summed E-state index contributed by atoms with van der Waals surface area (Å²) < 4.78 is 16.8. The Bertz CT molecular complexity index is 622. The monoisotopic (exact) mass is 339 g/mol. The number of hydrogen-bond donors (Lipinski definition) is 1. The van der Waals surface area contributed by atoms with Gasteiger partial charge in [0.1, 0.15) is 5.82 Å². The van der Waals surface area contributed by atoms with Crippen molar-refractivity contribution >= 4 is 15.9 Å². The molecule has 0 radical (unpaired) electrons. The lowest BCUT2D eigenvalue weighted by Gasteiger charge is -2.14. The van der Waals surface area contributed by atoms with E-state index in [1.807, 2.05) is 24.7 Å². The van der Waals surface area contributed by atoms with Crippen molar-refractivity contribution in [1.29, 1.82) is 0 Å². The van der Waals surface area contributed by atoms with E-state index in [0.29, 0.717) is 12.0 Å². The molecule has 3 nitrogen and oxygen atoms in total. The number of halogens is 2. The van der Waals surface area contributed by atoms with Crippen molar-refractivity contribution in [2.24, 2.45) is 12.8 Å². The summed E-state index contributed by atoms with van der Waals surface area (Å²) in [6, 6.07) is 4.78. The molecule has 1 atom stereocenters. The highest BCUT2D eigenvalue weighted by atomic mass is 79.9. The molecule has 1 aromatic heterocycles. The lowest BCUT2D eigenvalue weighted by atomic mass is 10.0. The van der Waals surface area contributed by atoms with Crippen LogP contribution in [0.4, 0.5) is 4.39 Å². The fourth-order valence-electron chi connectivity index (χ4n) is 2.29. The van der Waals surface area contributed by atoms with E-state index in [-0.39, 0.29) is 11.9 Å². The van der Waals surface area contributed by atoms with Gasteiger partial charge in [0.05, 0.1) is 15.9 Å². The van der Waals surface area contributed by atoms with Crippen LogP contribution in [0.5, 0.6) is 0 Å². The molecule has 20 heavy (non-hydrogen) atoms. The fraction of sp³-hybridized carbons (Fsp3) is 0.400. The zero-order valence-electron chi connectivity index (χ0n) is 12.0. The minimum Gasteiger partial charge on any atom is -0.324 e. The molecular weight excluding hydrogens is 321 g/mol. The predicted molar refractivity (Wildman–Crippen MR) is 82.1 cm³/mol. The number of nitrogens with two attached hydrogens (primary N) is 1. The van der Waals surface area contributed by atoms with Gasteiger partial charge < -0.3 is 5.73 Å². The average Bonchev–Trinajstić information content (AvgIpc) is 2.66. The van der Waals surface area contributed by atoms with Crippen LogP contribution in [0.25, 0.3) is 0 Å². The lowest BCUT2D eigenvalue weighted by molar-refractivity contribution is 0.567. The van der Waals surface area contributed by atoms with Gasteiger partial charge in [-0.05, 0) is 40.9 Å². The molecule has 2 rings (SSSR count). The maximum Gasteiger partial charge on any atom is 0.128 e. The first-order valence-corrected chi connectivity index (χ1v) is 7.45. The molecule has 0 bridgehead atoms. The van der Waals surface area contributed by atoms with Crippen molar-refractivity contribution < 1.29 is 4.39 Å². The second-order valence-electron chi connectivity index (χ2n) is 5.02. The lowest BCUT2D eigenvalue weighted by Crippen LogP contribution is -2.17. The van der Waals surface area contributed by atoms with Gasteiger partial charge in [-0.25, -0.2) is 4.39 Å². The maximum atomic E-state index is 14.0. The van der Waals surface area contributed by atoms with Crippen LogP contribution < -0.4 is 5.73 Å². The number of rotatable bonds is 4. The highest BCUT2D eigenvalue weighted by molar-refractivity contribution is 9.10. The maximum absolute atomic E-state index is 14.0. The van der Waals surface area contributed by atoms with E-state index in [1.54, 1.807) is 6.07 Å². The van der Waals surface area contributed by atoms with Crippen LogP contribution in [-0.4, -0.2) is 9.78 Å². The number of hydrogen-bond acceptors (Lipinski definition) is 2. The van der Waals surface area contributed by atoms with Gasteiger partial charge in [-0.1, -0.05) is 19.1 Å². The smallest absolute Gasteiger partial charge is 0.128 e. The summed E-state index contributed by atoms with van der Waals surface area (Å²) in [4.78, 5) is 0. The van der Waals surface area contributed by atoms with Crippen molar-refractivity contribution in [2.45, 2.75) is 32.7 Å². The van der Waals surface area contributed by atoms with Gasteiger partial charge in [0.15, 0.2) is 0 Å². The third-order valence-electron chi connectivity index (χ3n) is 3.47. The first kappa shape index (κ1) is 15.2. The van der Waals surface area contributed by atoms with Gasteiger partial charge >= 0.3 is 0 Å². The van der Waals surface area contributed by atoms with Crippen molar-refractivity contribution in [3.8, 4) is 0 Å². The number of aryl methyl sites for hydroxylation is 3. The van der Waals surface area contributed by atoms with Crippen molar-refractivity contribution in [1.82, 2.24) is 9.78 Å². The van der Waals surface area contributed by atoms with E-state index >= 15 is 0 Å². The van der Waals surface area contributed by atoms with Crippen molar-refractivity contribution in [2.75, 3.05) is 0 Å². The molecule has 108 valence electrons. The minimum absolute atomic E-state index is 0.244. The summed E-state index contributed by atoms with van der Waals surface area (Å²) in [7, 11) is 1.89. The minimum atomic E-state index is -0.382. The third-order valence-corrected chi connectivity index (χ3v) is 4.39. The molecule has 0 aliphatic heterocycles. The van der Waals surface area contributed by atoms with Gasteiger partial charge in [-0.3, -0.25) is 4.68 Å². The summed E-state index contributed by atoms with van der Waals surface area (Å²) in [5.74, 6) is -0.244. The van der Waals surface area contributed by atoms with E-state index < -0.39 is 0 Å². The van der Waals surface area contributed by atoms with Crippen LogP contribution in [0.15, 0.2) is 22.7 Å². The molecule has 0 fully saturated rings. The van der Waals surface area contributed by atoms with Crippen LogP contribution in [0, 0.1) is 12.7 Å². The van der Waals surface area contributed by atoms with E-state index in [2.05, 4.69) is 28.0 Å². The van der Waals surface area contributed by atoms with Gasteiger partial charge in [-0.2, -0.15) is 5.10 Å². The molecule has 2 N–H and O–H groups in total. The topological polar surface area (TPSA) is 43.8 Å². The first-order chi connectivity index (χ1) is 9.43.